The Morgan fingerprint density at radius 3 is 2.59 bits per heavy atom. The first-order valence-corrected chi connectivity index (χ1v) is 11.1. The number of likely N-dealkylation sites (tertiary alicyclic amines) is 1. The molecular formula is C23H37FN4O. The Morgan fingerprint density at radius 1 is 1.21 bits per heavy atom. The lowest BCUT2D eigenvalue weighted by Crippen LogP contribution is -2.58. The van der Waals surface area contributed by atoms with Gasteiger partial charge in [0, 0.05) is 37.3 Å². The molecule has 2 N–H and O–H groups in total. The van der Waals surface area contributed by atoms with E-state index in [1.54, 1.807) is 12.1 Å². The van der Waals surface area contributed by atoms with Gasteiger partial charge in [0.1, 0.15) is 5.82 Å². The van der Waals surface area contributed by atoms with Crippen LogP contribution in [0, 0.1) is 5.82 Å². The minimum Gasteiger partial charge on any atom is -0.381 e. The van der Waals surface area contributed by atoms with Gasteiger partial charge in [-0.15, -0.1) is 0 Å². The van der Waals surface area contributed by atoms with Gasteiger partial charge in [0.2, 0.25) is 0 Å². The molecule has 162 valence electrons. The molecule has 0 saturated carbocycles. The van der Waals surface area contributed by atoms with E-state index >= 15 is 0 Å². The van der Waals surface area contributed by atoms with Crippen molar-refractivity contribution in [3.05, 3.63) is 35.6 Å². The smallest absolute Gasteiger partial charge is 0.191 e. The molecule has 0 radical (unpaired) electrons. The second kappa shape index (κ2) is 9.90. The zero-order chi connectivity index (χ0) is 20.7. The van der Waals surface area contributed by atoms with Crippen LogP contribution < -0.4 is 10.6 Å². The van der Waals surface area contributed by atoms with Gasteiger partial charge in [-0.3, -0.25) is 9.89 Å². The van der Waals surface area contributed by atoms with Crippen LogP contribution in [0.2, 0.25) is 0 Å². The van der Waals surface area contributed by atoms with Gasteiger partial charge >= 0.3 is 0 Å². The highest BCUT2D eigenvalue weighted by Gasteiger charge is 2.39. The van der Waals surface area contributed by atoms with Gasteiger partial charge in [0.15, 0.2) is 5.96 Å². The predicted molar refractivity (Wildman–Crippen MR) is 117 cm³/mol. The van der Waals surface area contributed by atoms with Crippen LogP contribution >= 0.6 is 0 Å². The molecule has 2 fully saturated rings. The minimum absolute atomic E-state index is 0.156. The highest BCUT2D eigenvalue weighted by molar-refractivity contribution is 5.79. The van der Waals surface area contributed by atoms with E-state index in [-0.39, 0.29) is 16.8 Å². The van der Waals surface area contributed by atoms with Gasteiger partial charge < -0.3 is 15.4 Å². The average Bonchev–Trinajstić information content (AvgIpc) is 3.26. The van der Waals surface area contributed by atoms with Crippen molar-refractivity contribution in [2.24, 2.45) is 4.99 Å². The van der Waals surface area contributed by atoms with Gasteiger partial charge in [0.05, 0.1) is 6.54 Å². The van der Waals surface area contributed by atoms with Crippen molar-refractivity contribution in [2.75, 3.05) is 45.9 Å². The second-order valence-electron chi connectivity index (χ2n) is 8.97. The van der Waals surface area contributed by atoms with Crippen molar-refractivity contribution in [1.82, 2.24) is 15.5 Å². The van der Waals surface area contributed by atoms with Crippen molar-refractivity contribution in [3.8, 4) is 0 Å². The van der Waals surface area contributed by atoms with E-state index in [2.05, 4.69) is 36.3 Å². The highest BCUT2D eigenvalue weighted by Crippen LogP contribution is 2.31. The highest BCUT2D eigenvalue weighted by atomic mass is 19.1. The number of hydrogen-bond donors (Lipinski definition) is 2. The topological polar surface area (TPSA) is 48.9 Å². The molecule has 0 spiro atoms. The summed E-state index contributed by atoms with van der Waals surface area (Å²) in [6.45, 7) is 12.6. The Balaban J connectivity index is 1.68. The molecule has 0 amide bonds. The number of nitrogens with one attached hydrogen (secondary N) is 2. The fourth-order valence-corrected chi connectivity index (χ4v) is 4.42. The van der Waals surface area contributed by atoms with E-state index < -0.39 is 0 Å². The molecule has 2 aliphatic heterocycles. The van der Waals surface area contributed by atoms with Crippen molar-refractivity contribution in [3.63, 3.8) is 0 Å². The number of rotatable bonds is 7. The maximum atomic E-state index is 13.7. The van der Waals surface area contributed by atoms with E-state index in [1.165, 1.54) is 32.0 Å². The Hall–Kier alpha value is -1.66. The quantitative estimate of drug-likeness (QED) is 0.541. The summed E-state index contributed by atoms with van der Waals surface area (Å²) in [7, 11) is 0. The van der Waals surface area contributed by atoms with E-state index in [9.17, 15) is 4.39 Å². The van der Waals surface area contributed by atoms with E-state index in [1.807, 2.05) is 6.07 Å². The zero-order valence-corrected chi connectivity index (χ0v) is 18.3. The van der Waals surface area contributed by atoms with Crippen LogP contribution in [0.1, 0.15) is 52.0 Å². The lowest BCUT2D eigenvalue weighted by molar-refractivity contribution is -0.0164. The Labute approximate surface area is 175 Å². The number of halogens is 1. The summed E-state index contributed by atoms with van der Waals surface area (Å²) in [6.07, 6.45) is 4.71. The molecule has 1 aromatic rings. The van der Waals surface area contributed by atoms with Crippen molar-refractivity contribution < 1.29 is 9.13 Å². The summed E-state index contributed by atoms with van der Waals surface area (Å²) in [4.78, 5) is 7.51. The molecule has 0 bridgehead atoms. The number of nitrogens with zero attached hydrogens (tertiary/aromatic N) is 2. The molecule has 2 heterocycles. The molecule has 6 heteroatoms. The van der Waals surface area contributed by atoms with E-state index in [0.29, 0.717) is 6.54 Å². The molecular weight excluding hydrogens is 367 g/mol. The molecule has 2 saturated heterocycles. The van der Waals surface area contributed by atoms with E-state index in [0.717, 1.165) is 50.7 Å². The van der Waals surface area contributed by atoms with Crippen molar-refractivity contribution in [1.29, 1.82) is 0 Å². The summed E-state index contributed by atoms with van der Waals surface area (Å²) in [5.74, 6) is 0.638. The van der Waals surface area contributed by atoms with Gasteiger partial charge in [-0.05, 0) is 63.4 Å². The fourth-order valence-electron chi connectivity index (χ4n) is 4.42. The van der Waals surface area contributed by atoms with Crippen LogP contribution in [0.4, 0.5) is 4.39 Å². The first kappa shape index (κ1) is 22.0. The zero-order valence-electron chi connectivity index (χ0n) is 18.3. The number of ether oxygens (including phenoxy) is 1. The first-order valence-electron chi connectivity index (χ1n) is 11.1. The number of aliphatic imine (C=N–C) groups is 1. The summed E-state index contributed by atoms with van der Waals surface area (Å²) in [5.41, 5.74) is 0.883. The van der Waals surface area contributed by atoms with Crippen LogP contribution in [-0.4, -0.2) is 62.3 Å². The van der Waals surface area contributed by atoms with Crippen molar-refractivity contribution in [2.45, 2.75) is 57.4 Å². The Bertz CT molecular complexity index is 679. The van der Waals surface area contributed by atoms with Crippen LogP contribution in [0.25, 0.3) is 0 Å². The van der Waals surface area contributed by atoms with E-state index in [4.69, 9.17) is 9.73 Å². The minimum atomic E-state index is -0.240. The number of hydrogen-bond acceptors (Lipinski definition) is 3. The van der Waals surface area contributed by atoms with Gasteiger partial charge in [-0.25, -0.2) is 4.39 Å². The lowest BCUT2D eigenvalue weighted by Gasteiger charge is -2.45. The molecule has 0 unspecified atom stereocenters. The van der Waals surface area contributed by atoms with Crippen molar-refractivity contribution >= 4 is 5.96 Å². The Morgan fingerprint density at radius 2 is 1.93 bits per heavy atom. The predicted octanol–water partition coefficient (Wildman–Crippen LogP) is 3.30. The number of benzene rings is 1. The van der Waals surface area contributed by atoms with Crippen LogP contribution in [0.3, 0.4) is 0 Å². The maximum absolute atomic E-state index is 13.7. The second-order valence-corrected chi connectivity index (χ2v) is 8.97. The van der Waals surface area contributed by atoms with Gasteiger partial charge in [-0.2, -0.15) is 0 Å². The molecule has 0 aromatic heterocycles. The molecule has 5 nitrogen and oxygen atoms in total. The summed E-state index contributed by atoms with van der Waals surface area (Å²) < 4.78 is 19.3. The fraction of sp³-hybridized carbons (Fsp3) is 0.696. The largest absolute Gasteiger partial charge is 0.381 e. The summed E-state index contributed by atoms with van der Waals surface area (Å²) in [5, 5.41) is 6.99. The molecule has 1 aromatic carbocycles. The molecule has 3 rings (SSSR count). The summed E-state index contributed by atoms with van der Waals surface area (Å²) in [6, 6.07) is 6.84. The third-order valence-corrected chi connectivity index (χ3v) is 6.37. The third kappa shape index (κ3) is 5.70. The third-order valence-electron chi connectivity index (χ3n) is 6.37. The Kier molecular flexibility index (Phi) is 7.52. The average molecular weight is 405 g/mol. The molecule has 2 aliphatic rings. The van der Waals surface area contributed by atoms with Gasteiger partial charge in [0.25, 0.3) is 0 Å². The first-order chi connectivity index (χ1) is 14.0. The lowest BCUT2D eigenvalue weighted by atomic mass is 9.85. The standard InChI is InChI=1S/C23H37FN4O/c1-4-25-21(26-17-22(2,3)19-8-7-9-20(24)16-19)27-18-23(10-14-29-15-11-23)28-12-5-6-13-28/h7-9,16H,4-6,10-15,17-18H2,1-3H3,(H2,25,26,27). The SMILES string of the molecule is CCNC(=NCC(C)(C)c1cccc(F)c1)NCC1(N2CCCC2)CCOCC1. The molecule has 29 heavy (non-hydrogen) atoms. The number of guanidine groups is 1. The maximum Gasteiger partial charge on any atom is 0.191 e. The van der Waals surface area contributed by atoms with Crippen LogP contribution in [-0.2, 0) is 10.2 Å². The van der Waals surface area contributed by atoms with Crippen LogP contribution in [0.15, 0.2) is 29.3 Å². The molecule has 0 atom stereocenters. The summed E-state index contributed by atoms with van der Waals surface area (Å²) >= 11 is 0. The van der Waals surface area contributed by atoms with Crippen LogP contribution in [0.5, 0.6) is 0 Å². The monoisotopic (exact) mass is 404 g/mol. The molecule has 0 aliphatic carbocycles. The normalized spacial score (nSPS) is 20.6. The van der Waals surface area contributed by atoms with Gasteiger partial charge in [-0.1, -0.05) is 26.0 Å².